The van der Waals surface area contributed by atoms with E-state index in [1.54, 1.807) is 0 Å². The van der Waals surface area contributed by atoms with Gasteiger partial charge in [0.1, 0.15) is 0 Å². The summed E-state index contributed by atoms with van der Waals surface area (Å²) >= 11 is 0. The average molecular weight is 287 g/mol. The molecule has 108 valence electrons. The summed E-state index contributed by atoms with van der Waals surface area (Å²) in [5.74, 6) is 0.532. The van der Waals surface area contributed by atoms with Crippen LogP contribution < -0.4 is 5.19 Å². The predicted octanol–water partition coefficient (Wildman–Crippen LogP) is 4.81. The monoisotopic (exact) mass is 287 g/mol. The molecule has 20 heavy (non-hydrogen) atoms. The summed E-state index contributed by atoms with van der Waals surface area (Å²) in [6.45, 7) is 10.6. The second-order valence-corrected chi connectivity index (χ2v) is 10.5. The van der Waals surface area contributed by atoms with Gasteiger partial charge < -0.3 is 0 Å². The van der Waals surface area contributed by atoms with Gasteiger partial charge in [-0.25, -0.2) is 0 Å². The number of benzene rings is 1. The van der Waals surface area contributed by atoms with Crippen LogP contribution in [-0.2, 0) is 0 Å². The largest absolute Gasteiger partial charge is 0.103 e. The smallest absolute Gasteiger partial charge is 0.0935 e. The van der Waals surface area contributed by atoms with Crippen molar-refractivity contribution in [2.45, 2.75) is 44.9 Å². The van der Waals surface area contributed by atoms with Crippen LogP contribution in [0.3, 0.4) is 0 Å². The summed E-state index contributed by atoms with van der Waals surface area (Å²) in [7, 11) is -1.85. The first-order chi connectivity index (χ1) is 9.54. The third kappa shape index (κ3) is 4.25. The third-order valence-corrected chi connectivity index (χ3v) is 8.72. The Labute approximate surface area is 123 Å². The van der Waals surface area contributed by atoms with Crippen LogP contribution in [0.2, 0.25) is 12.6 Å². The molecule has 0 spiro atoms. The molecule has 0 fully saturated rings. The van der Waals surface area contributed by atoms with E-state index in [1.807, 2.05) is 12.1 Å². The molecule has 2 atom stereocenters. The molecule has 0 aliphatic heterocycles. The zero-order valence-electron chi connectivity index (χ0n) is 12.8. The first-order valence-electron chi connectivity index (χ1n) is 7.25. The topological polar surface area (TPSA) is 48.8 Å². The fraction of sp³-hybridized carbons (Fsp3) is 0.500. The Morgan fingerprint density at radius 1 is 1.35 bits per heavy atom. The van der Waals surface area contributed by atoms with E-state index in [9.17, 15) is 0 Å². The highest BCUT2D eigenvalue weighted by molar-refractivity contribution is 6.92. The van der Waals surface area contributed by atoms with Gasteiger partial charge in [0.15, 0.2) is 0 Å². The van der Waals surface area contributed by atoms with Gasteiger partial charge in [-0.1, -0.05) is 67.1 Å². The molecule has 0 heterocycles. The highest BCUT2D eigenvalue weighted by Crippen LogP contribution is 2.25. The molecule has 0 saturated carbocycles. The van der Waals surface area contributed by atoms with Gasteiger partial charge in [-0.15, -0.1) is 6.58 Å². The number of rotatable bonds is 8. The molecule has 1 aromatic rings. The maximum absolute atomic E-state index is 8.95. The molecule has 0 radical (unpaired) electrons. The lowest BCUT2D eigenvalue weighted by Crippen LogP contribution is -2.54. The van der Waals surface area contributed by atoms with Crippen LogP contribution in [0.25, 0.3) is 10.4 Å². The standard InChI is InChI=1S/C16H25N3Si/c1-5-6-12-20(4,15-10-8-7-9-11-15)16(18-19-17)13-14(2)3/h5,7-11,14,16H,1,6,12-13H2,2-4H3. The van der Waals surface area contributed by atoms with Gasteiger partial charge in [-0.05, 0) is 30.3 Å². The van der Waals surface area contributed by atoms with Gasteiger partial charge in [-0.3, -0.25) is 0 Å². The number of hydrogen-bond donors (Lipinski definition) is 0. The van der Waals surface area contributed by atoms with Crippen LogP contribution in [0.1, 0.15) is 26.7 Å². The normalized spacial score (nSPS) is 15.2. The van der Waals surface area contributed by atoms with Gasteiger partial charge in [0.2, 0.25) is 0 Å². The summed E-state index contributed by atoms with van der Waals surface area (Å²) in [5.41, 5.74) is 9.05. The molecule has 4 heteroatoms. The average Bonchev–Trinajstić information content (AvgIpc) is 2.45. The summed E-state index contributed by atoms with van der Waals surface area (Å²) in [6.07, 6.45) is 3.91. The third-order valence-electron chi connectivity index (χ3n) is 3.92. The van der Waals surface area contributed by atoms with Crippen molar-refractivity contribution >= 4 is 13.3 Å². The molecule has 0 N–H and O–H groups in total. The van der Waals surface area contributed by atoms with Crippen LogP contribution in [0.5, 0.6) is 0 Å². The Hall–Kier alpha value is -1.51. The van der Waals surface area contributed by atoms with Gasteiger partial charge in [0.25, 0.3) is 0 Å². The molecule has 1 aromatic carbocycles. The van der Waals surface area contributed by atoms with Crippen molar-refractivity contribution in [1.82, 2.24) is 0 Å². The van der Waals surface area contributed by atoms with E-state index in [2.05, 4.69) is 61.3 Å². The van der Waals surface area contributed by atoms with Crippen LogP contribution in [0.4, 0.5) is 0 Å². The zero-order valence-corrected chi connectivity index (χ0v) is 13.8. The zero-order chi connectivity index (χ0) is 15.0. The Bertz CT molecular complexity index is 466. The minimum Gasteiger partial charge on any atom is -0.103 e. The van der Waals surface area contributed by atoms with E-state index in [4.69, 9.17) is 5.53 Å². The summed E-state index contributed by atoms with van der Waals surface area (Å²) in [6, 6.07) is 11.7. The first-order valence-corrected chi connectivity index (χ1v) is 10.0. The van der Waals surface area contributed by atoms with Crippen molar-refractivity contribution in [3.8, 4) is 0 Å². The van der Waals surface area contributed by atoms with Crippen LogP contribution in [0, 0.1) is 5.92 Å². The summed E-state index contributed by atoms with van der Waals surface area (Å²) in [4.78, 5) is 3.12. The molecule has 0 saturated heterocycles. The molecule has 0 bridgehead atoms. The number of nitrogens with zero attached hydrogens (tertiary/aromatic N) is 3. The molecular weight excluding hydrogens is 262 g/mol. The molecule has 0 aliphatic carbocycles. The van der Waals surface area contributed by atoms with Crippen molar-refractivity contribution in [2.75, 3.05) is 0 Å². The van der Waals surface area contributed by atoms with Crippen molar-refractivity contribution in [1.29, 1.82) is 0 Å². The number of allylic oxidation sites excluding steroid dienone is 1. The SMILES string of the molecule is C=CCC[Si](C)(c1ccccc1)C(CC(C)C)N=[N+]=[N-]. The van der Waals surface area contributed by atoms with Gasteiger partial charge in [0, 0.05) is 10.6 Å². The first kappa shape index (κ1) is 16.5. The number of hydrogen-bond acceptors (Lipinski definition) is 1. The lowest BCUT2D eigenvalue weighted by Gasteiger charge is -2.34. The maximum atomic E-state index is 8.95. The summed E-state index contributed by atoms with van der Waals surface area (Å²) < 4.78 is 0. The fourth-order valence-electron chi connectivity index (χ4n) is 2.67. The van der Waals surface area contributed by atoms with Crippen molar-refractivity contribution in [3.05, 3.63) is 53.4 Å². The Morgan fingerprint density at radius 3 is 2.50 bits per heavy atom. The lowest BCUT2D eigenvalue weighted by atomic mass is 10.1. The molecule has 2 unspecified atom stereocenters. The summed E-state index contributed by atoms with van der Waals surface area (Å²) in [5, 5.41) is 5.55. The van der Waals surface area contributed by atoms with Crippen molar-refractivity contribution in [3.63, 3.8) is 0 Å². The Morgan fingerprint density at radius 2 is 2.00 bits per heavy atom. The Kier molecular flexibility index (Phi) is 6.56. The molecule has 1 rings (SSSR count). The van der Waals surface area contributed by atoms with Crippen LogP contribution in [0.15, 0.2) is 48.1 Å². The van der Waals surface area contributed by atoms with E-state index < -0.39 is 8.07 Å². The highest BCUT2D eigenvalue weighted by atomic mass is 28.3. The van der Waals surface area contributed by atoms with Crippen LogP contribution in [-0.4, -0.2) is 13.7 Å². The van der Waals surface area contributed by atoms with Gasteiger partial charge in [0.05, 0.1) is 8.07 Å². The second kappa shape index (κ2) is 7.93. The highest BCUT2D eigenvalue weighted by Gasteiger charge is 2.37. The Balaban J connectivity index is 3.19. The lowest BCUT2D eigenvalue weighted by molar-refractivity contribution is 0.559. The second-order valence-electron chi connectivity index (χ2n) is 5.96. The van der Waals surface area contributed by atoms with Crippen molar-refractivity contribution < 1.29 is 0 Å². The van der Waals surface area contributed by atoms with Crippen molar-refractivity contribution in [2.24, 2.45) is 11.0 Å². The minimum atomic E-state index is -1.85. The molecule has 0 amide bonds. The van der Waals surface area contributed by atoms with E-state index >= 15 is 0 Å². The van der Waals surface area contributed by atoms with Gasteiger partial charge in [-0.2, -0.15) is 0 Å². The minimum absolute atomic E-state index is 0.106. The van der Waals surface area contributed by atoms with Crippen LogP contribution >= 0.6 is 0 Å². The molecular formula is C16H25N3Si. The van der Waals surface area contributed by atoms with Gasteiger partial charge >= 0.3 is 0 Å². The van der Waals surface area contributed by atoms with E-state index in [1.165, 1.54) is 5.19 Å². The molecule has 0 aromatic heterocycles. The maximum Gasteiger partial charge on any atom is 0.0935 e. The predicted molar refractivity (Wildman–Crippen MR) is 89.7 cm³/mol. The number of azide groups is 1. The van der Waals surface area contributed by atoms with E-state index in [-0.39, 0.29) is 5.67 Å². The fourth-order valence-corrected chi connectivity index (χ4v) is 6.73. The molecule has 3 nitrogen and oxygen atoms in total. The quantitative estimate of drug-likeness (QED) is 0.216. The van der Waals surface area contributed by atoms with E-state index in [0.29, 0.717) is 5.92 Å². The van der Waals surface area contributed by atoms with E-state index in [0.717, 1.165) is 18.9 Å². The molecule has 0 aliphatic rings.